The van der Waals surface area contributed by atoms with Gasteiger partial charge in [0.25, 0.3) is 0 Å². The maximum absolute atomic E-state index is 13.4. The van der Waals surface area contributed by atoms with Crippen LogP contribution in [-0.4, -0.2) is 39.0 Å². The number of halogens is 1. The van der Waals surface area contributed by atoms with Crippen LogP contribution in [0.1, 0.15) is 5.56 Å². The summed E-state index contributed by atoms with van der Waals surface area (Å²) in [6.07, 6.45) is 1.81. The van der Waals surface area contributed by atoms with Gasteiger partial charge in [-0.2, -0.15) is 0 Å². The highest BCUT2D eigenvalue weighted by Crippen LogP contribution is 2.17. The number of anilines is 1. The molecule has 0 aliphatic rings. The molecule has 0 radical (unpaired) electrons. The summed E-state index contributed by atoms with van der Waals surface area (Å²) in [6, 6.07) is 3.51. The molecule has 2 N–H and O–H groups in total. The smallest absolute Gasteiger partial charge is 0.328 e. The molecule has 0 bridgehead atoms. The van der Waals surface area contributed by atoms with Crippen molar-refractivity contribution in [1.29, 1.82) is 0 Å². The first-order valence-electron chi connectivity index (χ1n) is 5.54. The lowest BCUT2D eigenvalue weighted by Crippen LogP contribution is -2.19. The van der Waals surface area contributed by atoms with Gasteiger partial charge in [-0.3, -0.25) is 4.72 Å². The molecule has 1 rings (SSSR count). The largest absolute Gasteiger partial charge is 0.478 e. The van der Waals surface area contributed by atoms with Gasteiger partial charge in [0.05, 0.1) is 12.4 Å². The average Bonchev–Trinajstić information content (AvgIpc) is 2.36. The summed E-state index contributed by atoms with van der Waals surface area (Å²) in [5, 5.41) is 8.48. The van der Waals surface area contributed by atoms with E-state index in [0.717, 1.165) is 18.2 Å². The Morgan fingerprint density at radius 3 is 2.80 bits per heavy atom. The quantitative estimate of drug-likeness (QED) is 0.741. The van der Waals surface area contributed by atoms with Crippen LogP contribution in [0.25, 0.3) is 6.08 Å². The number of carboxylic acid groups (broad SMARTS) is 1. The van der Waals surface area contributed by atoms with Gasteiger partial charge in [-0.25, -0.2) is 17.6 Å². The Bertz CT molecular complexity index is 612. The van der Waals surface area contributed by atoms with E-state index in [0.29, 0.717) is 0 Å². The predicted molar refractivity (Wildman–Crippen MR) is 72.4 cm³/mol. The lowest BCUT2D eigenvalue weighted by Gasteiger charge is -2.08. The number of hydrogen-bond donors (Lipinski definition) is 2. The summed E-state index contributed by atoms with van der Waals surface area (Å²) < 4.78 is 43.6. The van der Waals surface area contributed by atoms with Crippen LogP contribution in [0.15, 0.2) is 24.3 Å². The number of ether oxygens (including phenoxy) is 1. The first-order valence-corrected chi connectivity index (χ1v) is 7.19. The summed E-state index contributed by atoms with van der Waals surface area (Å²) in [7, 11) is -2.22. The van der Waals surface area contributed by atoms with E-state index >= 15 is 0 Å². The Morgan fingerprint density at radius 2 is 2.20 bits per heavy atom. The van der Waals surface area contributed by atoms with Crippen molar-refractivity contribution in [1.82, 2.24) is 0 Å². The fourth-order valence-electron chi connectivity index (χ4n) is 1.32. The molecule has 8 heteroatoms. The molecule has 0 spiro atoms. The van der Waals surface area contributed by atoms with E-state index in [1.54, 1.807) is 0 Å². The Labute approximate surface area is 115 Å². The molecule has 110 valence electrons. The minimum atomic E-state index is -3.60. The fraction of sp³-hybridized carbons (Fsp3) is 0.250. The van der Waals surface area contributed by atoms with Gasteiger partial charge in [-0.05, 0) is 24.3 Å². The van der Waals surface area contributed by atoms with Gasteiger partial charge >= 0.3 is 5.97 Å². The first-order chi connectivity index (χ1) is 9.34. The van der Waals surface area contributed by atoms with E-state index in [2.05, 4.69) is 9.46 Å². The maximum atomic E-state index is 13.4. The third kappa shape index (κ3) is 5.37. The Hall–Kier alpha value is -1.93. The molecule has 1 aromatic rings. The number of rotatable bonds is 7. The average molecular weight is 303 g/mol. The summed E-state index contributed by atoms with van der Waals surface area (Å²) in [4.78, 5) is 10.4. The SMILES string of the molecule is COCCS(=O)(=O)Nc1ccc(F)c(/C=C/C(=O)O)c1. The molecule has 20 heavy (non-hydrogen) atoms. The third-order valence-electron chi connectivity index (χ3n) is 2.23. The van der Waals surface area contributed by atoms with Crippen LogP contribution in [0.5, 0.6) is 0 Å². The summed E-state index contributed by atoms with van der Waals surface area (Å²) >= 11 is 0. The van der Waals surface area contributed by atoms with E-state index in [1.807, 2.05) is 0 Å². The van der Waals surface area contributed by atoms with Crippen LogP contribution in [-0.2, 0) is 19.6 Å². The fourth-order valence-corrected chi connectivity index (χ4v) is 2.29. The normalized spacial score (nSPS) is 11.7. The van der Waals surface area contributed by atoms with Crippen molar-refractivity contribution in [3.8, 4) is 0 Å². The van der Waals surface area contributed by atoms with Gasteiger partial charge in [-0.15, -0.1) is 0 Å². The van der Waals surface area contributed by atoms with Crippen molar-refractivity contribution < 1.29 is 27.4 Å². The molecule has 0 atom stereocenters. The van der Waals surface area contributed by atoms with Gasteiger partial charge in [0.15, 0.2) is 0 Å². The minimum absolute atomic E-state index is 0.0284. The van der Waals surface area contributed by atoms with Crippen LogP contribution >= 0.6 is 0 Å². The van der Waals surface area contributed by atoms with E-state index in [-0.39, 0.29) is 23.6 Å². The molecule has 0 saturated heterocycles. The van der Waals surface area contributed by atoms with Crippen molar-refractivity contribution in [2.45, 2.75) is 0 Å². The van der Waals surface area contributed by atoms with Crippen LogP contribution in [0, 0.1) is 5.82 Å². The number of methoxy groups -OCH3 is 1. The molecular formula is C12H14FNO5S. The summed E-state index contributed by atoms with van der Waals surface area (Å²) in [5.74, 6) is -2.11. The first kappa shape index (κ1) is 16.1. The second kappa shape index (κ2) is 7.01. The lowest BCUT2D eigenvalue weighted by molar-refractivity contribution is -0.131. The molecule has 0 aliphatic carbocycles. The number of benzene rings is 1. The van der Waals surface area contributed by atoms with Crippen molar-refractivity contribution in [2.24, 2.45) is 0 Å². The molecule has 0 aliphatic heterocycles. The minimum Gasteiger partial charge on any atom is -0.478 e. The summed E-state index contributed by atoms with van der Waals surface area (Å²) in [6.45, 7) is 0.0301. The second-order valence-corrected chi connectivity index (χ2v) is 5.66. The second-order valence-electron chi connectivity index (χ2n) is 3.82. The number of aliphatic carboxylic acids is 1. The van der Waals surface area contributed by atoms with Crippen molar-refractivity contribution in [3.05, 3.63) is 35.7 Å². The highest BCUT2D eigenvalue weighted by Gasteiger charge is 2.11. The molecule has 1 aromatic carbocycles. The van der Waals surface area contributed by atoms with Crippen LogP contribution < -0.4 is 4.72 Å². The van der Waals surface area contributed by atoms with Gasteiger partial charge in [0.2, 0.25) is 10.0 Å². The zero-order valence-electron chi connectivity index (χ0n) is 10.7. The Kier molecular flexibility index (Phi) is 5.66. The van der Waals surface area contributed by atoms with Crippen LogP contribution in [0.4, 0.5) is 10.1 Å². The van der Waals surface area contributed by atoms with E-state index in [4.69, 9.17) is 5.11 Å². The van der Waals surface area contributed by atoms with Gasteiger partial charge in [0.1, 0.15) is 5.82 Å². The zero-order chi connectivity index (χ0) is 15.2. The summed E-state index contributed by atoms with van der Waals surface area (Å²) in [5.41, 5.74) is 0.117. The number of nitrogens with one attached hydrogen (secondary N) is 1. The van der Waals surface area contributed by atoms with E-state index in [1.165, 1.54) is 19.2 Å². The molecule has 0 unspecified atom stereocenters. The lowest BCUT2D eigenvalue weighted by atomic mass is 10.2. The van der Waals surface area contributed by atoms with Gasteiger partial charge < -0.3 is 9.84 Å². The van der Waals surface area contributed by atoms with Gasteiger partial charge in [-0.1, -0.05) is 0 Å². The van der Waals surface area contributed by atoms with Crippen molar-refractivity contribution >= 4 is 27.8 Å². The van der Waals surface area contributed by atoms with Crippen LogP contribution in [0.3, 0.4) is 0 Å². The molecule has 0 amide bonds. The third-order valence-corrected chi connectivity index (χ3v) is 3.48. The standard InChI is InChI=1S/C12H14FNO5S/c1-19-6-7-20(17,18)14-10-3-4-11(13)9(8-10)2-5-12(15)16/h2-5,8,14H,6-7H2,1H3,(H,15,16)/b5-2+. The van der Waals surface area contributed by atoms with Gasteiger partial charge in [0, 0.05) is 24.4 Å². The zero-order valence-corrected chi connectivity index (χ0v) is 11.5. The van der Waals surface area contributed by atoms with E-state index < -0.39 is 21.8 Å². The molecule has 0 aromatic heterocycles. The highest BCUT2D eigenvalue weighted by molar-refractivity contribution is 7.92. The van der Waals surface area contributed by atoms with Crippen molar-refractivity contribution in [2.75, 3.05) is 24.2 Å². The highest BCUT2D eigenvalue weighted by atomic mass is 32.2. The van der Waals surface area contributed by atoms with Crippen LogP contribution in [0.2, 0.25) is 0 Å². The molecule has 6 nitrogen and oxygen atoms in total. The predicted octanol–water partition coefficient (Wildman–Crippen LogP) is 1.31. The molecule has 0 saturated carbocycles. The Balaban J connectivity index is 2.93. The number of hydrogen-bond acceptors (Lipinski definition) is 4. The molecule has 0 fully saturated rings. The number of carbonyl (C=O) groups is 1. The topological polar surface area (TPSA) is 92.7 Å². The number of sulfonamides is 1. The molecular weight excluding hydrogens is 289 g/mol. The Morgan fingerprint density at radius 1 is 1.50 bits per heavy atom. The maximum Gasteiger partial charge on any atom is 0.328 e. The monoisotopic (exact) mass is 303 g/mol. The van der Waals surface area contributed by atoms with Crippen molar-refractivity contribution in [3.63, 3.8) is 0 Å². The number of carboxylic acids is 1. The van der Waals surface area contributed by atoms with E-state index in [9.17, 15) is 17.6 Å². The molecule has 0 heterocycles.